The minimum atomic E-state index is -0.953. The molecule has 198 valence electrons. The quantitative estimate of drug-likeness (QED) is 0.113. The third kappa shape index (κ3) is 4.56. The molecule has 1 aliphatic heterocycles. The molecule has 1 saturated heterocycles. The van der Waals surface area contributed by atoms with Crippen LogP contribution in [0.3, 0.4) is 0 Å². The lowest BCUT2D eigenvalue weighted by atomic mass is 9.71. The van der Waals surface area contributed by atoms with Gasteiger partial charge in [-0.1, -0.05) is 144 Å². The van der Waals surface area contributed by atoms with Gasteiger partial charge in [0.1, 0.15) is 23.4 Å². The lowest BCUT2D eigenvalue weighted by molar-refractivity contribution is -0.136. The van der Waals surface area contributed by atoms with Crippen LogP contribution in [-0.2, 0) is 30.0 Å². The van der Waals surface area contributed by atoms with Crippen molar-refractivity contribution < 1.29 is 18.8 Å². The molecule has 0 N–H and O–H groups in total. The van der Waals surface area contributed by atoms with Gasteiger partial charge in [0.2, 0.25) is 0 Å². The average molecular weight is 630 g/mol. The zero-order chi connectivity index (χ0) is 26.9. The van der Waals surface area contributed by atoms with Crippen molar-refractivity contribution in [3.05, 3.63) is 144 Å². The highest BCUT2D eigenvalue weighted by Crippen LogP contribution is 2.55. The summed E-state index contributed by atoms with van der Waals surface area (Å²) in [5.41, 5.74) is 2.11. The molecule has 0 unspecified atom stereocenters. The fourth-order valence-electron chi connectivity index (χ4n) is 6.18. The Morgan fingerprint density at radius 1 is 0.590 bits per heavy atom. The second-order valence-electron chi connectivity index (χ2n) is 10.2. The molecule has 4 aromatic rings. The Morgan fingerprint density at radius 3 is 1.10 bits per heavy atom. The molecule has 4 nitrogen and oxygen atoms in total. The summed E-state index contributed by atoms with van der Waals surface area (Å²) in [6.45, 7) is 0. The molecule has 1 aliphatic carbocycles. The Bertz CT molecular complexity index is 1180. The van der Waals surface area contributed by atoms with E-state index in [0.29, 0.717) is 9.74 Å². The van der Waals surface area contributed by atoms with Crippen LogP contribution in [0.2, 0.25) is 5.82 Å². The van der Waals surface area contributed by atoms with Crippen molar-refractivity contribution in [2.24, 2.45) is 0 Å². The molecule has 0 bridgehead atoms. The molecule has 0 spiro atoms. The Hall–Kier alpha value is -2.49. The molecular weight excluding hydrogens is 598 g/mol. The summed E-state index contributed by atoms with van der Waals surface area (Å²) >= 11 is 2.50. The maximum absolute atomic E-state index is 7.05. The summed E-state index contributed by atoms with van der Waals surface area (Å²) < 4.78 is 27.9. The van der Waals surface area contributed by atoms with Gasteiger partial charge < -0.3 is 18.8 Å². The smallest absolute Gasteiger partial charge is 0.402 e. The van der Waals surface area contributed by atoms with E-state index in [0.717, 1.165) is 28.7 Å². The fourth-order valence-corrected chi connectivity index (χ4v) is 7.11. The average Bonchev–Trinajstić information content (AvgIpc) is 3.58. The molecule has 39 heavy (non-hydrogen) atoms. The Labute approximate surface area is 244 Å². The highest BCUT2D eigenvalue weighted by molar-refractivity contribution is 14.1. The maximum atomic E-state index is 7.05. The van der Waals surface area contributed by atoms with Gasteiger partial charge in [-0.05, 0) is 28.7 Å². The lowest BCUT2D eigenvalue weighted by Gasteiger charge is -2.47. The van der Waals surface area contributed by atoms with Crippen molar-refractivity contribution in [1.82, 2.24) is 0 Å². The topological polar surface area (TPSA) is 36.9 Å². The summed E-state index contributed by atoms with van der Waals surface area (Å²) in [5.74, 6) is 0.320. The van der Waals surface area contributed by atoms with Gasteiger partial charge >= 0.3 is 7.12 Å². The molecule has 0 aromatic heterocycles. The second-order valence-corrected chi connectivity index (χ2v) is 11.8. The van der Waals surface area contributed by atoms with Crippen molar-refractivity contribution in [3.8, 4) is 0 Å². The van der Waals surface area contributed by atoms with Crippen LogP contribution in [0.4, 0.5) is 0 Å². The molecule has 1 saturated carbocycles. The summed E-state index contributed by atoms with van der Waals surface area (Å²) in [4.78, 5) is 0. The van der Waals surface area contributed by atoms with Gasteiger partial charge in [-0.25, -0.2) is 0 Å². The monoisotopic (exact) mass is 630 g/mol. The van der Waals surface area contributed by atoms with Crippen LogP contribution in [0.5, 0.6) is 0 Å². The molecule has 4 atom stereocenters. The van der Waals surface area contributed by atoms with E-state index in [1.54, 1.807) is 14.2 Å². The Morgan fingerprint density at radius 2 is 0.872 bits per heavy atom. The van der Waals surface area contributed by atoms with Crippen LogP contribution in [-0.4, -0.2) is 37.5 Å². The molecule has 0 amide bonds. The van der Waals surface area contributed by atoms with Crippen LogP contribution in [0.25, 0.3) is 0 Å². The third-order valence-electron chi connectivity index (χ3n) is 8.20. The predicted molar refractivity (Wildman–Crippen MR) is 163 cm³/mol. The van der Waals surface area contributed by atoms with E-state index in [-0.39, 0.29) is 7.12 Å². The standard InChI is InChI=1S/C33H32BIO4/c1-36-32(24-15-7-3-8-16-24,25-17-9-4-10-18-25)30-31(39-34(38-30)28-23-29(28)35)33(37-2,26-19-11-5-12-20-26)27-21-13-6-14-22-27/h3-22,28-31H,23H2,1-2H3/t28-,29-,30-,31-/m1/s1. The second kappa shape index (κ2) is 11.2. The van der Waals surface area contributed by atoms with E-state index in [1.165, 1.54) is 0 Å². The number of methoxy groups -OCH3 is 2. The first kappa shape index (κ1) is 26.7. The van der Waals surface area contributed by atoms with Gasteiger partial charge in [-0.2, -0.15) is 0 Å². The van der Waals surface area contributed by atoms with Crippen molar-refractivity contribution in [3.63, 3.8) is 0 Å². The van der Waals surface area contributed by atoms with Crippen LogP contribution in [0.15, 0.2) is 121 Å². The number of benzene rings is 4. The predicted octanol–water partition coefficient (Wildman–Crippen LogP) is 7.02. The number of halogens is 1. The van der Waals surface area contributed by atoms with Gasteiger partial charge in [-0.15, -0.1) is 0 Å². The molecule has 2 aliphatic rings. The molecule has 4 aromatic carbocycles. The van der Waals surface area contributed by atoms with E-state index in [1.807, 2.05) is 72.8 Å². The first-order valence-corrected chi connectivity index (χ1v) is 14.7. The zero-order valence-electron chi connectivity index (χ0n) is 22.2. The summed E-state index contributed by atoms with van der Waals surface area (Å²) in [6.07, 6.45) is 0.0153. The fraction of sp³-hybridized carbons (Fsp3) is 0.273. The van der Waals surface area contributed by atoms with E-state index in [4.69, 9.17) is 18.8 Å². The molecule has 6 heteroatoms. The van der Waals surface area contributed by atoms with Gasteiger partial charge in [0.25, 0.3) is 0 Å². The third-order valence-corrected chi connectivity index (χ3v) is 9.63. The van der Waals surface area contributed by atoms with Gasteiger partial charge in [0.15, 0.2) is 0 Å². The van der Waals surface area contributed by atoms with Crippen LogP contribution >= 0.6 is 22.6 Å². The van der Waals surface area contributed by atoms with Gasteiger partial charge in [-0.3, -0.25) is 0 Å². The van der Waals surface area contributed by atoms with Crippen molar-refractivity contribution >= 4 is 29.7 Å². The normalized spacial score (nSPS) is 23.1. The maximum Gasteiger partial charge on any atom is 0.462 e. The zero-order valence-corrected chi connectivity index (χ0v) is 24.3. The SMILES string of the molecule is COC(c1ccccc1)(c1ccccc1)[C@@H]1OB([C@@H]2C[C@H]2I)O[C@H]1C(OC)(c1ccccc1)c1ccccc1. The van der Waals surface area contributed by atoms with E-state index >= 15 is 0 Å². The van der Waals surface area contributed by atoms with Gasteiger partial charge in [0, 0.05) is 24.0 Å². The summed E-state index contributed by atoms with van der Waals surface area (Å²) in [5, 5.41) is 0. The molecule has 2 fully saturated rings. The Kier molecular flexibility index (Phi) is 7.66. The highest BCUT2D eigenvalue weighted by atomic mass is 127. The van der Waals surface area contributed by atoms with Crippen molar-refractivity contribution in [1.29, 1.82) is 0 Å². The number of hydrogen-bond donors (Lipinski definition) is 0. The molecule has 1 heterocycles. The molecule has 0 radical (unpaired) electrons. The molecular formula is C33H32BIO4. The van der Waals surface area contributed by atoms with E-state index in [2.05, 4.69) is 71.1 Å². The van der Waals surface area contributed by atoms with Crippen molar-refractivity contribution in [2.75, 3.05) is 14.2 Å². The highest BCUT2D eigenvalue weighted by Gasteiger charge is 2.65. The van der Waals surface area contributed by atoms with Crippen molar-refractivity contribution in [2.45, 2.75) is 39.6 Å². The molecule has 6 rings (SSSR count). The Balaban J connectivity index is 1.61. The largest absolute Gasteiger partial charge is 0.462 e. The minimum Gasteiger partial charge on any atom is -0.402 e. The lowest BCUT2D eigenvalue weighted by Crippen LogP contribution is -2.56. The van der Waals surface area contributed by atoms with Gasteiger partial charge in [0.05, 0.1) is 0 Å². The number of alkyl halides is 1. The number of ether oxygens (including phenoxy) is 2. The first-order chi connectivity index (χ1) is 19.1. The number of hydrogen-bond acceptors (Lipinski definition) is 4. The van der Waals surface area contributed by atoms with Crippen LogP contribution in [0.1, 0.15) is 28.7 Å². The van der Waals surface area contributed by atoms with Crippen LogP contribution in [0, 0.1) is 0 Å². The number of rotatable bonds is 9. The van der Waals surface area contributed by atoms with E-state index in [9.17, 15) is 0 Å². The summed E-state index contributed by atoms with van der Waals surface area (Å²) in [7, 11) is 3.17. The minimum absolute atomic E-state index is 0.320. The summed E-state index contributed by atoms with van der Waals surface area (Å²) in [6, 6.07) is 41.4. The van der Waals surface area contributed by atoms with Crippen LogP contribution < -0.4 is 0 Å². The van der Waals surface area contributed by atoms with E-state index < -0.39 is 23.4 Å². The first-order valence-electron chi connectivity index (χ1n) is 13.4.